The summed E-state index contributed by atoms with van der Waals surface area (Å²) >= 11 is 0. The van der Waals surface area contributed by atoms with Gasteiger partial charge in [0.15, 0.2) is 0 Å². The molecule has 0 spiro atoms. The first kappa shape index (κ1) is 21.3. The van der Waals surface area contributed by atoms with Gasteiger partial charge >= 0.3 is 5.97 Å². The van der Waals surface area contributed by atoms with Crippen molar-refractivity contribution in [2.24, 2.45) is 0 Å². The molecule has 0 aliphatic heterocycles. The maximum atomic E-state index is 13.2. The van der Waals surface area contributed by atoms with Gasteiger partial charge in [-0.1, -0.05) is 42.5 Å². The van der Waals surface area contributed by atoms with Crippen LogP contribution in [0.25, 0.3) is 16.3 Å². The fraction of sp³-hybridized carbons (Fsp3) is 0.111. The molecule has 2 aromatic carbocycles. The molecular formula is C27H22N4O3. The Morgan fingerprint density at radius 1 is 1.00 bits per heavy atom. The summed E-state index contributed by atoms with van der Waals surface area (Å²) in [6.07, 6.45) is 5.82. The molecule has 7 heteroatoms. The Kier molecular flexibility index (Phi) is 5.51. The van der Waals surface area contributed by atoms with E-state index in [1.54, 1.807) is 22.8 Å². The summed E-state index contributed by atoms with van der Waals surface area (Å²) < 4.78 is 1.71. The van der Waals surface area contributed by atoms with Crippen LogP contribution in [0.4, 0.5) is 0 Å². The van der Waals surface area contributed by atoms with Gasteiger partial charge in [0, 0.05) is 29.9 Å². The third-order valence-electron chi connectivity index (χ3n) is 5.93. The molecule has 5 aromatic rings. The molecule has 0 bridgehead atoms. The van der Waals surface area contributed by atoms with Crippen LogP contribution in [0.5, 0.6) is 0 Å². The minimum Gasteiger partial charge on any atom is -0.478 e. The molecule has 34 heavy (non-hydrogen) atoms. The van der Waals surface area contributed by atoms with Crippen LogP contribution in [0.3, 0.4) is 0 Å². The van der Waals surface area contributed by atoms with Gasteiger partial charge in [0.05, 0.1) is 28.9 Å². The smallest absolute Gasteiger partial charge is 0.335 e. The normalized spacial score (nSPS) is 12.0. The molecule has 0 aliphatic rings. The van der Waals surface area contributed by atoms with Gasteiger partial charge in [-0.15, -0.1) is 0 Å². The Morgan fingerprint density at radius 3 is 2.53 bits per heavy atom. The summed E-state index contributed by atoms with van der Waals surface area (Å²) in [6, 6.07) is 20.2. The largest absolute Gasteiger partial charge is 0.478 e. The molecular weight excluding hydrogens is 428 g/mol. The monoisotopic (exact) mass is 450 g/mol. The van der Waals surface area contributed by atoms with Gasteiger partial charge in [-0.05, 0) is 47.7 Å². The predicted molar refractivity (Wildman–Crippen MR) is 129 cm³/mol. The number of nitrogens with zero attached hydrogens (tertiary/aromatic N) is 3. The number of amides is 1. The molecule has 1 unspecified atom stereocenters. The minimum absolute atomic E-state index is 0.205. The van der Waals surface area contributed by atoms with E-state index >= 15 is 0 Å². The molecule has 168 valence electrons. The van der Waals surface area contributed by atoms with Crippen LogP contribution in [-0.2, 0) is 6.42 Å². The topological polar surface area (TPSA) is 96.6 Å². The van der Waals surface area contributed by atoms with Crippen molar-refractivity contribution in [3.05, 3.63) is 113 Å². The number of carboxylic acid groups (broad SMARTS) is 1. The van der Waals surface area contributed by atoms with Gasteiger partial charge < -0.3 is 10.4 Å². The third-order valence-corrected chi connectivity index (χ3v) is 5.93. The number of carbonyl (C=O) groups is 2. The number of aromatic nitrogens is 3. The lowest BCUT2D eigenvalue weighted by atomic mass is 10.0. The summed E-state index contributed by atoms with van der Waals surface area (Å²) in [5, 5.41) is 18.7. The predicted octanol–water partition coefficient (Wildman–Crippen LogP) is 4.66. The SMILES string of the molecule is CC(NC(=O)c1cnn2cccc(Cc3cc4ccccc4cn3)c12)c1ccc(C(=O)O)cc1. The number of rotatable bonds is 6. The van der Waals surface area contributed by atoms with Crippen molar-refractivity contribution in [1.82, 2.24) is 19.9 Å². The van der Waals surface area contributed by atoms with Crippen molar-refractivity contribution >= 4 is 28.2 Å². The van der Waals surface area contributed by atoms with Gasteiger partial charge in [0.1, 0.15) is 0 Å². The van der Waals surface area contributed by atoms with Crippen LogP contribution in [0.1, 0.15) is 50.5 Å². The van der Waals surface area contributed by atoms with E-state index in [1.165, 1.54) is 12.1 Å². The highest BCUT2D eigenvalue weighted by Gasteiger charge is 2.19. The van der Waals surface area contributed by atoms with Gasteiger partial charge in [0.2, 0.25) is 0 Å². The number of carbonyl (C=O) groups excluding carboxylic acids is 1. The molecule has 2 N–H and O–H groups in total. The van der Waals surface area contributed by atoms with Crippen LogP contribution in [0.2, 0.25) is 0 Å². The van der Waals surface area contributed by atoms with Crippen LogP contribution < -0.4 is 5.32 Å². The summed E-state index contributed by atoms with van der Waals surface area (Å²) in [5.41, 5.74) is 4.10. The Balaban J connectivity index is 1.42. The second-order valence-corrected chi connectivity index (χ2v) is 8.21. The van der Waals surface area contributed by atoms with Crippen molar-refractivity contribution < 1.29 is 14.7 Å². The number of aromatic carboxylic acids is 1. The molecule has 7 nitrogen and oxygen atoms in total. The maximum absolute atomic E-state index is 13.2. The molecule has 5 rings (SSSR count). The minimum atomic E-state index is -0.983. The summed E-state index contributed by atoms with van der Waals surface area (Å²) in [6.45, 7) is 1.86. The molecule has 1 atom stereocenters. The van der Waals surface area contributed by atoms with E-state index in [9.17, 15) is 9.59 Å². The van der Waals surface area contributed by atoms with E-state index in [4.69, 9.17) is 5.11 Å². The Hall–Kier alpha value is -4.52. The van der Waals surface area contributed by atoms with E-state index < -0.39 is 5.97 Å². The third kappa shape index (κ3) is 4.11. The number of nitrogens with one attached hydrogen (secondary N) is 1. The first-order valence-corrected chi connectivity index (χ1v) is 10.9. The van der Waals surface area contributed by atoms with Gasteiger partial charge in [-0.3, -0.25) is 9.78 Å². The number of benzene rings is 2. The highest BCUT2D eigenvalue weighted by Crippen LogP contribution is 2.22. The van der Waals surface area contributed by atoms with Crippen LogP contribution in [0.15, 0.2) is 85.3 Å². The lowest BCUT2D eigenvalue weighted by molar-refractivity contribution is 0.0696. The Bertz CT molecular complexity index is 1520. The Labute approximate surface area is 195 Å². The average Bonchev–Trinajstić information content (AvgIpc) is 3.29. The van der Waals surface area contributed by atoms with Gasteiger partial charge in [-0.2, -0.15) is 5.10 Å². The summed E-state index contributed by atoms with van der Waals surface area (Å²) in [4.78, 5) is 28.9. The van der Waals surface area contributed by atoms with Crippen molar-refractivity contribution in [3.8, 4) is 0 Å². The van der Waals surface area contributed by atoms with Crippen molar-refractivity contribution in [2.75, 3.05) is 0 Å². The highest BCUT2D eigenvalue weighted by molar-refractivity contribution is 6.01. The first-order valence-electron chi connectivity index (χ1n) is 10.9. The molecule has 0 saturated heterocycles. The van der Waals surface area contributed by atoms with E-state index in [1.807, 2.05) is 49.6 Å². The summed E-state index contributed by atoms with van der Waals surface area (Å²) in [5.74, 6) is -1.23. The summed E-state index contributed by atoms with van der Waals surface area (Å²) in [7, 11) is 0. The Morgan fingerprint density at radius 2 is 1.76 bits per heavy atom. The number of hydrogen-bond acceptors (Lipinski definition) is 4. The van der Waals surface area contributed by atoms with Crippen LogP contribution in [0, 0.1) is 0 Å². The second kappa shape index (κ2) is 8.78. The fourth-order valence-corrected chi connectivity index (χ4v) is 4.12. The average molecular weight is 450 g/mol. The van der Waals surface area contributed by atoms with Gasteiger partial charge in [-0.25, -0.2) is 9.31 Å². The van der Waals surface area contributed by atoms with E-state index in [0.717, 1.165) is 33.1 Å². The zero-order valence-electron chi connectivity index (χ0n) is 18.5. The maximum Gasteiger partial charge on any atom is 0.335 e. The van der Waals surface area contributed by atoms with E-state index in [2.05, 4.69) is 27.5 Å². The molecule has 0 radical (unpaired) electrons. The van der Waals surface area contributed by atoms with E-state index in [-0.39, 0.29) is 17.5 Å². The lowest BCUT2D eigenvalue weighted by Gasteiger charge is -2.15. The highest BCUT2D eigenvalue weighted by atomic mass is 16.4. The van der Waals surface area contributed by atoms with Crippen molar-refractivity contribution in [2.45, 2.75) is 19.4 Å². The molecule has 0 fully saturated rings. The molecule has 3 aromatic heterocycles. The zero-order chi connectivity index (χ0) is 23.7. The standard InChI is InChI=1S/C27H22N4O3/c1-17(18-8-10-19(11-9-18)27(33)34)30-26(32)24-16-29-31-12-4-7-21(25(24)31)14-23-13-20-5-2-3-6-22(20)15-28-23/h2-13,15-17H,14H2,1H3,(H,30,32)(H,33,34). The number of pyridine rings is 2. The molecule has 0 aliphatic carbocycles. The van der Waals surface area contributed by atoms with Crippen LogP contribution in [-0.4, -0.2) is 31.6 Å². The molecule has 1 amide bonds. The first-order chi connectivity index (χ1) is 16.5. The number of carboxylic acids is 1. The quantitative estimate of drug-likeness (QED) is 0.392. The zero-order valence-corrected chi connectivity index (χ0v) is 18.5. The van der Waals surface area contributed by atoms with Crippen molar-refractivity contribution in [1.29, 1.82) is 0 Å². The number of fused-ring (bicyclic) bond motifs is 2. The lowest BCUT2D eigenvalue weighted by Crippen LogP contribution is -2.26. The fourth-order valence-electron chi connectivity index (χ4n) is 4.12. The molecule has 3 heterocycles. The van der Waals surface area contributed by atoms with Crippen molar-refractivity contribution in [3.63, 3.8) is 0 Å². The number of hydrogen-bond donors (Lipinski definition) is 2. The van der Waals surface area contributed by atoms with Gasteiger partial charge in [0.25, 0.3) is 5.91 Å². The second-order valence-electron chi connectivity index (χ2n) is 8.21. The molecule has 0 saturated carbocycles. The van der Waals surface area contributed by atoms with E-state index in [0.29, 0.717) is 12.0 Å². The van der Waals surface area contributed by atoms with Crippen LogP contribution >= 0.6 is 0 Å².